The molecule has 0 radical (unpaired) electrons. The molecule has 6 nitrogen and oxygen atoms in total. The summed E-state index contributed by atoms with van der Waals surface area (Å²) in [6.45, 7) is 1.84. The van der Waals surface area contributed by atoms with Crippen molar-refractivity contribution in [1.82, 2.24) is 9.80 Å². The smallest absolute Gasteiger partial charge is 0.238 e. The number of anilines is 1. The van der Waals surface area contributed by atoms with Crippen LogP contribution in [0.4, 0.5) is 5.69 Å². The number of carbonyl (C=O) groups excluding carboxylic acids is 2. The SMILES string of the molecule is CN1CCN(CC(=O)Nc2ccc(C(N)=S)cc2)CC1=O. The summed E-state index contributed by atoms with van der Waals surface area (Å²) in [6.07, 6.45) is 0. The maximum Gasteiger partial charge on any atom is 0.238 e. The van der Waals surface area contributed by atoms with Gasteiger partial charge in [0.2, 0.25) is 11.8 Å². The molecular formula is C14H18N4O2S. The fourth-order valence-electron chi connectivity index (χ4n) is 2.06. The van der Waals surface area contributed by atoms with Gasteiger partial charge in [-0.3, -0.25) is 14.5 Å². The Hall–Kier alpha value is -1.99. The maximum absolute atomic E-state index is 12.0. The topological polar surface area (TPSA) is 78.7 Å². The molecule has 1 fully saturated rings. The van der Waals surface area contributed by atoms with E-state index in [1.165, 1.54) is 0 Å². The van der Waals surface area contributed by atoms with E-state index in [0.29, 0.717) is 23.8 Å². The number of piperazine rings is 1. The van der Waals surface area contributed by atoms with Gasteiger partial charge in [0.15, 0.2) is 0 Å². The van der Waals surface area contributed by atoms with Gasteiger partial charge in [0.25, 0.3) is 0 Å². The largest absolute Gasteiger partial charge is 0.389 e. The average molecular weight is 306 g/mol. The molecule has 0 aromatic heterocycles. The van der Waals surface area contributed by atoms with Crippen LogP contribution in [0.3, 0.4) is 0 Å². The van der Waals surface area contributed by atoms with E-state index in [2.05, 4.69) is 5.32 Å². The van der Waals surface area contributed by atoms with Crippen molar-refractivity contribution in [2.24, 2.45) is 5.73 Å². The molecule has 0 saturated carbocycles. The number of likely N-dealkylation sites (N-methyl/N-ethyl adjacent to an activating group) is 1. The zero-order chi connectivity index (χ0) is 15.4. The molecule has 0 bridgehead atoms. The van der Waals surface area contributed by atoms with Crippen LogP contribution < -0.4 is 11.1 Å². The summed E-state index contributed by atoms with van der Waals surface area (Å²) in [5, 5.41) is 2.79. The standard InChI is InChI=1S/C14H18N4O2S/c1-17-6-7-18(9-13(17)20)8-12(19)16-11-4-2-10(3-5-11)14(15)21/h2-5H,6-9H2,1H3,(H2,15,21)(H,16,19). The summed E-state index contributed by atoms with van der Waals surface area (Å²) in [6, 6.07) is 7.03. The fourth-order valence-corrected chi connectivity index (χ4v) is 2.20. The lowest BCUT2D eigenvalue weighted by molar-refractivity contribution is -0.135. The third-order valence-corrected chi connectivity index (χ3v) is 3.59. The Morgan fingerprint density at radius 3 is 2.57 bits per heavy atom. The monoisotopic (exact) mass is 306 g/mol. The summed E-state index contributed by atoms with van der Waals surface area (Å²) < 4.78 is 0. The Bertz CT molecular complexity index is 559. The van der Waals surface area contributed by atoms with E-state index >= 15 is 0 Å². The summed E-state index contributed by atoms with van der Waals surface area (Å²) in [4.78, 5) is 27.4. The van der Waals surface area contributed by atoms with Gasteiger partial charge in [-0.05, 0) is 24.3 Å². The summed E-state index contributed by atoms with van der Waals surface area (Å²) in [7, 11) is 1.77. The van der Waals surface area contributed by atoms with E-state index < -0.39 is 0 Å². The lowest BCUT2D eigenvalue weighted by Gasteiger charge is -2.31. The highest BCUT2D eigenvalue weighted by Crippen LogP contribution is 2.10. The van der Waals surface area contributed by atoms with Gasteiger partial charge < -0.3 is 16.0 Å². The second kappa shape index (κ2) is 6.64. The fraction of sp³-hybridized carbons (Fsp3) is 0.357. The maximum atomic E-state index is 12.0. The van der Waals surface area contributed by atoms with Crippen molar-refractivity contribution in [3.63, 3.8) is 0 Å². The first-order valence-electron chi connectivity index (χ1n) is 6.62. The van der Waals surface area contributed by atoms with Crippen molar-refractivity contribution in [1.29, 1.82) is 0 Å². The summed E-state index contributed by atoms with van der Waals surface area (Å²) in [5.41, 5.74) is 6.95. The van der Waals surface area contributed by atoms with Gasteiger partial charge >= 0.3 is 0 Å². The van der Waals surface area contributed by atoms with Crippen LogP contribution in [0.5, 0.6) is 0 Å². The van der Waals surface area contributed by atoms with Gasteiger partial charge in [-0.1, -0.05) is 12.2 Å². The number of amides is 2. The summed E-state index contributed by atoms with van der Waals surface area (Å²) >= 11 is 4.87. The number of benzene rings is 1. The van der Waals surface area contributed by atoms with Crippen molar-refractivity contribution in [2.45, 2.75) is 0 Å². The van der Waals surface area contributed by atoms with E-state index in [-0.39, 0.29) is 24.9 Å². The number of hydrogen-bond donors (Lipinski definition) is 2. The van der Waals surface area contributed by atoms with E-state index in [4.69, 9.17) is 18.0 Å². The lowest BCUT2D eigenvalue weighted by atomic mass is 10.2. The number of carbonyl (C=O) groups is 2. The van der Waals surface area contributed by atoms with Crippen LogP contribution in [-0.2, 0) is 9.59 Å². The van der Waals surface area contributed by atoms with Crippen molar-refractivity contribution >= 4 is 34.7 Å². The van der Waals surface area contributed by atoms with Crippen LogP contribution in [0, 0.1) is 0 Å². The Balaban J connectivity index is 1.87. The van der Waals surface area contributed by atoms with Gasteiger partial charge in [0, 0.05) is 31.4 Å². The number of hydrogen-bond acceptors (Lipinski definition) is 4. The second-order valence-corrected chi connectivity index (χ2v) is 5.46. The van der Waals surface area contributed by atoms with Crippen LogP contribution >= 0.6 is 12.2 Å². The van der Waals surface area contributed by atoms with Crippen molar-refractivity contribution in [3.05, 3.63) is 29.8 Å². The van der Waals surface area contributed by atoms with Gasteiger partial charge in [0.05, 0.1) is 13.1 Å². The van der Waals surface area contributed by atoms with Crippen molar-refractivity contribution < 1.29 is 9.59 Å². The molecule has 1 saturated heterocycles. The Labute approximate surface area is 128 Å². The first-order chi connectivity index (χ1) is 9.95. The van der Waals surface area contributed by atoms with Crippen LogP contribution in [0.15, 0.2) is 24.3 Å². The molecule has 1 heterocycles. The molecule has 0 aliphatic carbocycles. The Morgan fingerprint density at radius 1 is 1.33 bits per heavy atom. The molecule has 112 valence electrons. The highest BCUT2D eigenvalue weighted by atomic mass is 32.1. The van der Waals surface area contributed by atoms with Gasteiger partial charge in [-0.25, -0.2) is 0 Å². The lowest BCUT2D eigenvalue weighted by Crippen LogP contribution is -2.50. The number of rotatable bonds is 4. The Morgan fingerprint density at radius 2 is 2.00 bits per heavy atom. The molecule has 1 aliphatic heterocycles. The third kappa shape index (κ3) is 4.24. The molecule has 2 rings (SSSR count). The predicted molar refractivity (Wildman–Crippen MR) is 85.0 cm³/mol. The molecule has 1 aromatic carbocycles. The van der Waals surface area contributed by atoms with Crippen LogP contribution in [0.1, 0.15) is 5.56 Å². The summed E-state index contributed by atoms with van der Waals surface area (Å²) in [5.74, 6) is -0.106. The van der Waals surface area contributed by atoms with Gasteiger partial charge in [-0.2, -0.15) is 0 Å². The number of nitrogens with two attached hydrogens (primary N) is 1. The quantitative estimate of drug-likeness (QED) is 0.768. The number of nitrogens with zero attached hydrogens (tertiary/aromatic N) is 2. The molecule has 7 heteroatoms. The molecule has 2 amide bonds. The van der Waals surface area contributed by atoms with Gasteiger partial charge in [0.1, 0.15) is 4.99 Å². The van der Waals surface area contributed by atoms with E-state index in [0.717, 1.165) is 5.56 Å². The molecular weight excluding hydrogens is 288 g/mol. The molecule has 3 N–H and O–H groups in total. The van der Waals surface area contributed by atoms with Crippen molar-refractivity contribution in [3.8, 4) is 0 Å². The first-order valence-corrected chi connectivity index (χ1v) is 7.02. The first kappa shape index (κ1) is 15.4. The minimum absolute atomic E-state index is 0.0369. The average Bonchev–Trinajstić information content (AvgIpc) is 2.43. The molecule has 1 aromatic rings. The molecule has 0 atom stereocenters. The van der Waals surface area contributed by atoms with E-state index in [1.54, 1.807) is 36.2 Å². The predicted octanol–water partition coefficient (Wildman–Crippen LogP) is 0.0333. The van der Waals surface area contributed by atoms with Gasteiger partial charge in [-0.15, -0.1) is 0 Å². The van der Waals surface area contributed by atoms with Crippen LogP contribution in [0.25, 0.3) is 0 Å². The molecule has 0 spiro atoms. The normalized spacial score (nSPS) is 15.9. The third-order valence-electron chi connectivity index (χ3n) is 3.36. The van der Waals surface area contributed by atoms with Crippen LogP contribution in [-0.4, -0.2) is 59.8 Å². The second-order valence-electron chi connectivity index (χ2n) is 5.02. The minimum Gasteiger partial charge on any atom is -0.389 e. The highest BCUT2D eigenvalue weighted by molar-refractivity contribution is 7.80. The number of thiocarbonyl (C=S) groups is 1. The highest BCUT2D eigenvalue weighted by Gasteiger charge is 2.22. The zero-order valence-electron chi connectivity index (χ0n) is 11.8. The molecule has 21 heavy (non-hydrogen) atoms. The van der Waals surface area contributed by atoms with E-state index in [9.17, 15) is 9.59 Å². The number of nitrogens with one attached hydrogen (secondary N) is 1. The minimum atomic E-state index is -0.143. The molecule has 1 aliphatic rings. The van der Waals surface area contributed by atoms with Crippen molar-refractivity contribution in [2.75, 3.05) is 38.5 Å². The Kier molecular flexibility index (Phi) is 4.87. The zero-order valence-corrected chi connectivity index (χ0v) is 12.7. The molecule has 0 unspecified atom stereocenters. The van der Waals surface area contributed by atoms with Crippen LogP contribution in [0.2, 0.25) is 0 Å². The van der Waals surface area contributed by atoms with E-state index in [1.807, 2.05) is 4.90 Å².